The minimum atomic E-state index is -0.776. The number of benzene rings is 1. The van der Waals surface area contributed by atoms with Gasteiger partial charge in [-0.15, -0.1) is 6.42 Å². The van der Waals surface area contributed by atoms with Crippen molar-refractivity contribution in [2.24, 2.45) is 0 Å². The van der Waals surface area contributed by atoms with Gasteiger partial charge in [-0.25, -0.2) is 8.78 Å². The van der Waals surface area contributed by atoms with E-state index in [0.717, 1.165) is 12.1 Å². The topological polar surface area (TPSA) is 29.5 Å². The van der Waals surface area contributed by atoms with Gasteiger partial charge in [0.2, 0.25) is 5.91 Å². The maximum atomic E-state index is 14.2. The Hall–Kier alpha value is -2.35. The predicted octanol–water partition coefficient (Wildman–Crippen LogP) is 2.96. The lowest BCUT2D eigenvalue weighted by Crippen LogP contribution is -2.32. The van der Waals surface area contributed by atoms with Crippen LogP contribution in [0.2, 0.25) is 0 Å². The van der Waals surface area contributed by atoms with Crippen molar-refractivity contribution < 1.29 is 18.3 Å². The molecular weight excluding hydrogens is 276 g/mol. The zero-order chi connectivity index (χ0) is 15.4. The minimum Gasteiger partial charge on any atom is -0.481 e. The standard InChI is InChI=1S/C16H15F2NO2/c1-3-8-21-11-9-12(17)16(13(18)10-11)14-6-5-7-15(20)19(14)4-2/h1,6,9-10H,4-5,7-8H2,2H3. The van der Waals surface area contributed by atoms with E-state index in [4.69, 9.17) is 11.2 Å². The van der Waals surface area contributed by atoms with Gasteiger partial charge in [-0.05, 0) is 13.3 Å². The molecule has 1 aromatic rings. The average molecular weight is 291 g/mol. The lowest BCUT2D eigenvalue weighted by molar-refractivity contribution is -0.128. The van der Waals surface area contributed by atoms with Crippen LogP contribution in [0.4, 0.5) is 8.78 Å². The molecule has 1 amide bonds. The fourth-order valence-corrected chi connectivity index (χ4v) is 2.30. The summed E-state index contributed by atoms with van der Waals surface area (Å²) in [5.74, 6) is 0.559. The first kappa shape index (κ1) is 15.0. The van der Waals surface area contributed by atoms with Crippen LogP contribution < -0.4 is 4.74 Å². The van der Waals surface area contributed by atoms with Crippen LogP contribution in [0.3, 0.4) is 0 Å². The first-order chi connectivity index (χ1) is 10.1. The largest absolute Gasteiger partial charge is 0.481 e. The van der Waals surface area contributed by atoms with E-state index in [1.807, 2.05) is 0 Å². The van der Waals surface area contributed by atoms with Crippen molar-refractivity contribution >= 4 is 11.6 Å². The minimum absolute atomic E-state index is 0.0254. The monoisotopic (exact) mass is 291 g/mol. The summed E-state index contributed by atoms with van der Waals surface area (Å²) in [5.41, 5.74) is 0.0604. The van der Waals surface area contributed by atoms with Gasteiger partial charge in [-0.2, -0.15) is 0 Å². The number of carbonyl (C=O) groups is 1. The van der Waals surface area contributed by atoms with E-state index in [2.05, 4.69) is 5.92 Å². The maximum absolute atomic E-state index is 14.2. The highest BCUT2D eigenvalue weighted by Crippen LogP contribution is 2.31. The highest BCUT2D eigenvalue weighted by molar-refractivity contribution is 5.89. The molecule has 2 rings (SSSR count). The van der Waals surface area contributed by atoms with E-state index in [-0.39, 0.29) is 29.5 Å². The molecule has 0 unspecified atom stereocenters. The van der Waals surface area contributed by atoms with Gasteiger partial charge in [-0.3, -0.25) is 4.79 Å². The molecule has 1 aliphatic rings. The molecule has 0 bridgehead atoms. The van der Waals surface area contributed by atoms with Gasteiger partial charge in [0.15, 0.2) is 0 Å². The lowest BCUT2D eigenvalue weighted by atomic mass is 10.0. The zero-order valence-corrected chi connectivity index (χ0v) is 11.7. The summed E-state index contributed by atoms with van der Waals surface area (Å²) in [6.45, 7) is 2.05. The molecule has 0 saturated carbocycles. The van der Waals surface area contributed by atoms with Crippen molar-refractivity contribution in [1.82, 2.24) is 4.90 Å². The van der Waals surface area contributed by atoms with Crippen molar-refractivity contribution in [3.63, 3.8) is 0 Å². The van der Waals surface area contributed by atoms with E-state index in [0.29, 0.717) is 19.4 Å². The van der Waals surface area contributed by atoms with Crippen LogP contribution in [-0.4, -0.2) is 24.0 Å². The summed E-state index contributed by atoms with van der Waals surface area (Å²) >= 11 is 0. The van der Waals surface area contributed by atoms with Crippen LogP contribution in [0.25, 0.3) is 5.70 Å². The van der Waals surface area contributed by atoms with Crippen molar-refractivity contribution in [3.05, 3.63) is 35.4 Å². The number of halogens is 2. The number of rotatable bonds is 4. The van der Waals surface area contributed by atoms with Crippen LogP contribution in [0, 0.1) is 24.0 Å². The van der Waals surface area contributed by atoms with Crippen LogP contribution in [0.5, 0.6) is 5.75 Å². The number of amides is 1. The quantitative estimate of drug-likeness (QED) is 0.798. The Bertz CT molecular complexity index is 609. The van der Waals surface area contributed by atoms with Crippen molar-refractivity contribution in [1.29, 1.82) is 0 Å². The Labute approximate surface area is 122 Å². The molecule has 0 atom stereocenters. The molecule has 0 saturated heterocycles. The molecule has 0 radical (unpaired) electrons. The molecule has 3 nitrogen and oxygen atoms in total. The van der Waals surface area contributed by atoms with Gasteiger partial charge < -0.3 is 9.64 Å². The van der Waals surface area contributed by atoms with E-state index >= 15 is 0 Å². The average Bonchev–Trinajstić information content (AvgIpc) is 2.44. The zero-order valence-electron chi connectivity index (χ0n) is 11.7. The first-order valence-corrected chi connectivity index (χ1v) is 6.64. The third-order valence-corrected chi connectivity index (χ3v) is 3.20. The predicted molar refractivity (Wildman–Crippen MR) is 75.3 cm³/mol. The Morgan fingerprint density at radius 1 is 1.38 bits per heavy atom. The number of allylic oxidation sites excluding steroid dienone is 1. The number of ether oxygens (including phenoxy) is 1. The van der Waals surface area contributed by atoms with E-state index in [9.17, 15) is 13.6 Å². The molecule has 0 aliphatic carbocycles. The number of terminal acetylenes is 1. The Morgan fingerprint density at radius 2 is 2.05 bits per heavy atom. The molecule has 1 aliphatic heterocycles. The van der Waals surface area contributed by atoms with E-state index < -0.39 is 11.6 Å². The van der Waals surface area contributed by atoms with Crippen LogP contribution >= 0.6 is 0 Å². The normalized spacial score (nSPS) is 14.7. The summed E-state index contributed by atoms with van der Waals surface area (Å²) in [7, 11) is 0. The highest BCUT2D eigenvalue weighted by atomic mass is 19.1. The first-order valence-electron chi connectivity index (χ1n) is 6.64. The molecular formula is C16H15F2NO2. The van der Waals surface area contributed by atoms with Crippen LogP contribution in [0.1, 0.15) is 25.3 Å². The molecule has 1 aromatic carbocycles. The molecule has 0 spiro atoms. The van der Waals surface area contributed by atoms with Crippen LogP contribution in [-0.2, 0) is 4.79 Å². The number of nitrogens with zero attached hydrogens (tertiary/aromatic N) is 1. The Morgan fingerprint density at radius 3 is 2.62 bits per heavy atom. The molecule has 0 N–H and O–H groups in total. The summed E-state index contributed by atoms with van der Waals surface area (Å²) in [4.78, 5) is 13.2. The fraction of sp³-hybridized carbons (Fsp3) is 0.312. The second-order valence-corrected chi connectivity index (χ2v) is 4.52. The summed E-state index contributed by atoms with van der Waals surface area (Å²) in [5, 5.41) is 0. The summed E-state index contributed by atoms with van der Waals surface area (Å²) < 4.78 is 33.4. The van der Waals surface area contributed by atoms with Gasteiger partial charge in [0.25, 0.3) is 0 Å². The number of hydrogen-bond donors (Lipinski definition) is 0. The second kappa shape index (κ2) is 6.40. The fourth-order valence-electron chi connectivity index (χ4n) is 2.30. The molecule has 110 valence electrons. The van der Waals surface area contributed by atoms with Crippen molar-refractivity contribution in [3.8, 4) is 18.1 Å². The summed E-state index contributed by atoms with van der Waals surface area (Å²) in [6.07, 6.45) is 7.53. The lowest BCUT2D eigenvalue weighted by Gasteiger charge is -2.28. The van der Waals surface area contributed by atoms with Crippen LogP contribution in [0.15, 0.2) is 18.2 Å². The third-order valence-electron chi connectivity index (χ3n) is 3.20. The third kappa shape index (κ3) is 3.05. The smallest absolute Gasteiger partial charge is 0.227 e. The maximum Gasteiger partial charge on any atom is 0.227 e. The second-order valence-electron chi connectivity index (χ2n) is 4.52. The molecule has 21 heavy (non-hydrogen) atoms. The molecule has 1 heterocycles. The van der Waals surface area contributed by atoms with E-state index in [1.165, 1.54) is 4.90 Å². The molecule has 5 heteroatoms. The van der Waals surface area contributed by atoms with Gasteiger partial charge in [-0.1, -0.05) is 12.0 Å². The van der Waals surface area contributed by atoms with Gasteiger partial charge in [0, 0.05) is 25.1 Å². The highest BCUT2D eigenvalue weighted by Gasteiger charge is 2.26. The Balaban J connectivity index is 2.42. The van der Waals surface area contributed by atoms with E-state index in [1.54, 1.807) is 13.0 Å². The molecule has 0 fully saturated rings. The van der Waals surface area contributed by atoms with Gasteiger partial charge in [0.05, 0.1) is 11.3 Å². The molecule has 0 aromatic heterocycles. The Kier molecular flexibility index (Phi) is 4.59. The van der Waals surface area contributed by atoms with Crippen molar-refractivity contribution in [2.45, 2.75) is 19.8 Å². The number of carbonyl (C=O) groups excluding carboxylic acids is 1. The SMILES string of the molecule is C#CCOc1cc(F)c(C2=CCCC(=O)N2CC)c(F)c1. The number of hydrogen-bond acceptors (Lipinski definition) is 2. The van der Waals surface area contributed by atoms with Gasteiger partial charge in [0.1, 0.15) is 24.0 Å². The van der Waals surface area contributed by atoms with Crippen molar-refractivity contribution in [2.75, 3.05) is 13.2 Å². The van der Waals surface area contributed by atoms with Gasteiger partial charge >= 0.3 is 0 Å². The summed E-state index contributed by atoms with van der Waals surface area (Å²) in [6, 6.07) is 2.15.